The first kappa shape index (κ1) is 11.7. The third-order valence-electron chi connectivity index (χ3n) is 2.04. The summed E-state index contributed by atoms with van der Waals surface area (Å²) < 4.78 is 15.9. The summed E-state index contributed by atoms with van der Waals surface area (Å²) in [6.45, 7) is 0.185. The van der Waals surface area contributed by atoms with Crippen molar-refractivity contribution in [2.45, 2.75) is 12.5 Å². The van der Waals surface area contributed by atoms with E-state index in [1.165, 1.54) is 0 Å². The normalized spacial score (nSPS) is 10.2. The van der Waals surface area contributed by atoms with Crippen LogP contribution in [0.4, 0.5) is 0 Å². The fourth-order valence-electron chi connectivity index (χ4n) is 1.28. The third-order valence-corrected chi connectivity index (χ3v) is 2.27. The molecule has 0 aliphatic rings. The van der Waals surface area contributed by atoms with Crippen molar-refractivity contribution in [2.75, 3.05) is 7.11 Å². The minimum atomic E-state index is 0.185. The average Bonchev–Trinajstić information content (AvgIpc) is 2.84. The quantitative estimate of drug-likeness (QED) is 0.767. The minimum Gasteiger partial charge on any atom is -0.493 e. The molecule has 0 saturated carbocycles. The van der Waals surface area contributed by atoms with Gasteiger partial charge >= 0.3 is 0 Å². The highest BCUT2D eigenvalue weighted by Crippen LogP contribution is 2.26. The Morgan fingerprint density at radius 2 is 1.88 bits per heavy atom. The summed E-state index contributed by atoms with van der Waals surface area (Å²) in [6, 6.07) is 7.34. The number of methoxy groups -OCH3 is 1. The van der Waals surface area contributed by atoms with Gasteiger partial charge in [-0.25, -0.2) is 0 Å². The molecular weight excluding hydrogens is 244 g/mol. The van der Waals surface area contributed by atoms with Crippen molar-refractivity contribution in [3.63, 3.8) is 0 Å². The van der Waals surface area contributed by atoms with Gasteiger partial charge in [0.2, 0.25) is 5.89 Å². The summed E-state index contributed by atoms with van der Waals surface area (Å²) in [4.78, 5) is 0. The lowest BCUT2D eigenvalue weighted by Crippen LogP contribution is -1.97. The second-order valence-electron chi connectivity index (χ2n) is 3.16. The van der Waals surface area contributed by atoms with E-state index in [2.05, 4.69) is 10.2 Å². The molecule has 0 spiro atoms. The van der Waals surface area contributed by atoms with Crippen LogP contribution in [0.2, 0.25) is 0 Å². The molecule has 2 rings (SSSR count). The van der Waals surface area contributed by atoms with Gasteiger partial charge in [-0.1, -0.05) is 12.1 Å². The maximum absolute atomic E-state index is 5.55. The summed E-state index contributed by atoms with van der Waals surface area (Å²) >= 11 is 5.55. The number of hydrogen-bond acceptors (Lipinski definition) is 5. The molecule has 0 atom stereocenters. The molecule has 1 aromatic carbocycles. The van der Waals surface area contributed by atoms with E-state index < -0.39 is 0 Å². The minimum absolute atomic E-state index is 0.185. The van der Waals surface area contributed by atoms with Crippen LogP contribution in [0.5, 0.6) is 11.5 Å². The third kappa shape index (κ3) is 2.88. The van der Waals surface area contributed by atoms with Crippen LogP contribution in [0, 0.1) is 0 Å². The highest BCUT2D eigenvalue weighted by molar-refractivity contribution is 6.16. The van der Waals surface area contributed by atoms with Crippen molar-refractivity contribution in [3.05, 3.63) is 36.0 Å². The van der Waals surface area contributed by atoms with Crippen molar-refractivity contribution in [1.82, 2.24) is 10.2 Å². The predicted octanol–water partition coefficient (Wildman–Crippen LogP) is 2.40. The van der Waals surface area contributed by atoms with Crippen molar-refractivity contribution in [2.24, 2.45) is 0 Å². The molecule has 0 fully saturated rings. The van der Waals surface area contributed by atoms with Gasteiger partial charge in [0.25, 0.3) is 5.89 Å². The Morgan fingerprint density at radius 3 is 2.53 bits per heavy atom. The maximum Gasteiger partial charge on any atom is 0.253 e. The molecule has 0 saturated heterocycles. The van der Waals surface area contributed by atoms with E-state index >= 15 is 0 Å². The molecule has 5 nitrogen and oxygen atoms in total. The fourth-order valence-corrected chi connectivity index (χ4v) is 1.39. The number of halogens is 1. The molecular formula is C11H11ClN2O3. The number of aromatic nitrogens is 2. The van der Waals surface area contributed by atoms with Crippen LogP contribution in [-0.2, 0) is 12.5 Å². The van der Waals surface area contributed by atoms with Gasteiger partial charge < -0.3 is 13.9 Å². The Hall–Kier alpha value is -1.75. The van der Waals surface area contributed by atoms with E-state index in [0.717, 1.165) is 0 Å². The zero-order valence-corrected chi connectivity index (χ0v) is 9.98. The SMILES string of the molecule is COc1ccccc1OCc1nnc(CCl)o1. The first-order valence-electron chi connectivity index (χ1n) is 4.96. The van der Waals surface area contributed by atoms with Gasteiger partial charge in [-0.05, 0) is 12.1 Å². The van der Waals surface area contributed by atoms with Crippen molar-refractivity contribution in [3.8, 4) is 11.5 Å². The van der Waals surface area contributed by atoms with Crippen LogP contribution in [0.3, 0.4) is 0 Å². The lowest BCUT2D eigenvalue weighted by Gasteiger charge is -2.07. The van der Waals surface area contributed by atoms with Gasteiger partial charge in [-0.3, -0.25) is 0 Å². The molecule has 0 amide bonds. The number of ether oxygens (including phenoxy) is 2. The summed E-state index contributed by atoms with van der Waals surface area (Å²) in [7, 11) is 1.58. The molecule has 90 valence electrons. The Bertz CT molecular complexity index is 487. The topological polar surface area (TPSA) is 57.4 Å². The molecule has 0 bridgehead atoms. The van der Waals surface area contributed by atoms with E-state index in [1.54, 1.807) is 13.2 Å². The molecule has 1 aromatic heterocycles. The largest absolute Gasteiger partial charge is 0.493 e. The van der Waals surface area contributed by atoms with Crippen LogP contribution in [0.1, 0.15) is 11.8 Å². The molecule has 0 aliphatic carbocycles. The zero-order chi connectivity index (χ0) is 12.1. The fraction of sp³-hybridized carbons (Fsp3) is 0.273. The van der Waals surface area contributed by atoms with E-state index in [4.69, 9.17) is 25.5 Å². The predicted molar refractivity (Wildman–Crippen MR) is 61.2 cm³/mol. The van der Waals surface area contributed by atoms with Gasteiger partial charge in [0.15, 0.2) is 18.1 Å². The second-order valence-corrected chi connectivity index (χ2v) is 3.43. The Morgan fingerprint density at radius 1 is 1.18 bits per heavy atom. The highest BCUT2D eigenvalue weighted by atomic mass is 35.5. The van der Waals surface area contributed by atoms with Gasteiger partial charge in [-0.2, -0.15) is 0 Å². The van der Waals surface area contributed by atoms with Gasteiger partial charge in [0.1, 0.15) is 5.88 Å². The van der Waals surface area contributed by atoms with Gasteiger partial charge in [0.05, 0.1) is 7.11 Å². The lowest BCUT2D eigenvalue weighted by atomic mass is 10.3. The van der Waals surface area contributed by atoms with Gasteiger partial charge in [0, 0.05) is 0 Å². The summed E-state index contributed by atoms with van der Waals surface area (Å²) in [5.41, 5.74) is 0. The van der Waals surface area contributed by atoms with Gasteiger partial charge in [-0.15, -0.1) is 21.8 Å². The highest BCUT2D eigenvalue weighted by Gasteiger charge is 2.07. The number of benzene rings is 1. The monoisotopic (exact) mass is 254 g/mol. The first-order chi connectivity index (χ1) is 8.33. The van der Waals surface area contributed by atoms with E-state index in [9.17, 15) is 0 Å². The number of para-hydroxylation sites is 2. The average molecular weight is 255 g/mol. The van der Waals surface area contributed by atoms with Crippen molar-refractivity contribution < 1.29 is 13.9 Å². The van der Waals surface area contributed by atoms with Crippen LogP contribution in [0.15, 0.2) is 28.7 Å². The molecule has 0 radical (unpaired) electrons. The van der Waals surface area contributed by atoms with E-state index in [0.29, 0.717) is 23.3 Å². The number of rotatable bonds is 5. The Kier molecular flexibility index (Phi) is 3.82. The lowest BCUT2D eigenvalue weighted by molar-refractivity contribution is 0.247. The summed E-state index contributed by atoms with van der Waals surface area (Å²) in [5.74, 6) is 2.24. The molecule has 2 aromatic rings. The van der Waals surface area contributed by atoms with Crippen LogP contribution < -0.4 is 9.47 Å². The second kappa shape index (κ2) is 5.54. The van der Waals surface area contributed by atoms with Crippen molar-refractivity contribution >= 4 is 11.6 Å². The molecule has 0 unspecified atom stereocenters. The first-order valence-corrected chi connectivity index (χ1v) is 5.50. The van der Waals surface area contributed by atoms with E-state index in [1.807, 2.05) is 18.2 Å². The smallest absolute Gasteiger partial charge is 0.253 e. The molecule has 6 heteroatoms. The Balaban J connectivity index is 2.01. The van der Waals surface area contributed by atoms with Crippen LogP contribution in [-0.4, -0.2) is 17.3 Å². The Labute approximate surface area is 103 Å². The number of alkyl halides is 1. The standard InChI is InChI=1S/C11H11ClN2O3/c1-15-8-4-2-3-5-9(8)16-7-11-14-13-10(6-12)17-11/h2-5H,6-7H2,1H3. The van der Waals surface area contributed by atoms with Crippen molar-refractivity contribution in [1.29, 1.82) is 0 Å². The number of hydrogen-bond donors (Lipinski definition) is 0. The maximum atomic E-state index is 5.55. The molecule has 0 N–H and O–H groups in total. The molecule has 17 heavy (non-hydrogen) atoms. The molecule has 1 heterocycles. The zero-order valence-electron chi connectivity index (χ0n) is 9.22. The van der Waals surface area contributed by atoms with Crippen LogP contribution >= 0.6 is 11.6 Å². The molecule has 0 aliphatic heterocycles. The summed E-state index contributed by atoms with van der Waals surface area (Å²) in [5, 5.41) is 7.52. The van der Waals surface area contributed by atoms with E-state index in [-0.39, 0.29) is 12.5 Å². The number of nitrogens with zero attached hydrogens (tertiary/aromatic N) is 2. The summed E-state index contributed by atoms with van der Waals surface area (Å²) in [6.07, 6.45) is 0. The van der Waals surface area contributed by atoms with Crippen LogP contribution in [0.25, 0.3) is 0 Å².